The zero-order valence-electron chi connectivity index (χ0n) is 19.1. The monoisotopic (exact) mass is 455 g/mol. The van der Waals surface area contributed by atoms with Gasteiger partial charge in [0.25, 0.3) is 11.8 Å². The number of carbonyl (C=O) groups is 3. The minimum Gasteiger partial charge on any atom is -0.495 e. The molecule has 34 heavy (non-hydrogen) atoms. The highest BCUT2D eigenvalue weighted by Gasteiger charge is 2.27. The van der Waals surface area contributed by atoms with Crippen LogP contribution < -0.4 is 10.1 Å². The Balaban J connectivity index is 1.39. The summed E-state index contributed by atoms with van der Waals surface area (Å²) < 4.78 is 5.41. The maximum absolute atomic E-state index is 13.1. The highest BCUT2D eigenvalue weighted by atomic mass is 16.5. The Morgan fingerprint density at radius 1 is 0.824 bits per heavy atom. The summed E-state index contributed by atoms with van der Waals surface area (Å²) in [6, 6.07) is 17.6. The van der Waals surface area contributed by atoms with E-state index in [0.717, 1.165) is 24.2 Å². The lowest BCUT2D eigenvalue weighted by Crippen LogP contribution is -2.47. The number of hydrogen-bond donors (Lipinski definition) is 1. The number of amides is 2. The third-order valence-corrected chi connectivity index (χ3v) is 6.47. The van der Waals surface area contributed by atoms with Gasteiger partial charge in [0.2, 0.25) is 0 Å². The van der Waals surface area contributed by atoms with E-state index in [4.69, 9.17) is 4.74 Å². The first-order valence-corrected chi connectivity index (χ1v) is 11.2. The molecular weight excluding hydrogens is 430 g/mol. The first kappa shape index (κ1) is 21.9. The normalized spacial score (nSPS) is 15.0. The summed E-state index contributed by atoms with van der Waals surface area (Å²) in [5.41, 5.74) is 4.12. The average Bonchev–Trinajstić information content (AvgIpc) is 3.15. The van der Waals surface area contributed by atoms with E-state index in [1.807, 2.05) is 30.1 Å². The zero-order chi connectivity index (χ0) is 23.8. The summed E-state index contributed by atoms with van der Waals surface area (Å²) in [7, 11) is 3.55. The van der Waals surface area contributed by atoms with Gasteiger partial charge >= 0.3 is 0 Å². The molecule has 1 aliphatic carbocycles. The molecule has 0 saturated carbocycles. The molecule has 0 aromatic heterocycles. The molecule has 1 heterocycles. The fourth-order valence-electron chi connectivity index (χ4n) is 4.49. The van der Waals surface area contributed by atoms with Gasteiger partial charge in [-0.3, -0.25) is 14.4 Å². The molecule has 2 amide bonds. The highest BCUT2D eigenvalue weighted by Crippen LogP contribution is 2.37. The SMILES string of the molecule is COc1ccc(C(=O)N2CCN(C)CC2)cc1NC(=O)c1ccc2c(c1)C(=O)c1ccccc1-2. The predicted molar refractivity (Wildman–Crippen MR) is 130 cm³/mol. The van der Waals surface area contributed by atoms with E-state index >= 15 is 0 Å². The van der Waals surface area contributed by atoms with E-state index < -0.39 is 0 Å². The van der Waals surface area contributed by atoms with E-state index in [1.165, 1.54) is 7.11 Å². The molecule has 172 valence electrons. The molecule has 0 spiro atoms. The topological polar surface area (TPSA) is 79.0 Å². The fourth-order valence-corrected chi connectivity index (χ4v) is 4.49. The first-order chi connectivity index (χ1) is 16.5. The van der Waals surface area contributed by atoms with Crippen LogP contribution in [0, 0.1) is 0 Å². The van der Waals surface area contributed by atoms with Gasteiger partial charge in [0.15, 0.2) is 5.78 Å². The van der Waals surface area contributed by atoms with Gasteiger partial charge in [0.1, 0.15) is 5.75 Å². The molecule has 3 aromatic rings. The maximum atomic E-state index is 13.1. The summed E-state index contributed by atoms with van der Waals surface area (Å²) in [4.78, 5) is 42.9. The number of nitrogens with zero attached hydrogens (tertiary/aromatic N) is 2. The smallest absolute Gasteiger partial charge is 0.255 e. The molecule has 1 saturated heterocycles. The minimum absolute atomic E-state index is 0.0767. The van der Waals surface area contributed by atoms with Crippen molar-refractivity contribution >= 4 is 23.3 Å². The number of nitrogens with one attached hydrogen (secondary N) is 1. The van der Waals surface area contributed by atoms with Gasteiger partial charge in [0.05, 0.1) is 12.8 Å². The van der Waals surface area contributed by atoms with Crippen molar-refractivity contribution in [1.82, 2.24) is 9.80 Å². The van der Waals surface area contributed by atoms with Crippen molar-refractivity contribution in [3.8, 4) is 16.9 Å². The van der Waals surface area contributed by atoms with Crippen molar-refractivity contribution in [3.63, 3.8) is 0 Å². The molecule has 0 atom stereocenters. The van der Waals surface area contributed by atoms with Crippen LogP contribution in [-0.4, -0.2) is 67.7 Å². The molecule has 1 aliphatic heterocycles. The third kappa shape index (κ3) is 3.84. The first-order valence-electron chi connectivity index (χ1n) is 11.2. The summed E-state index contributed by atoms with van der Waals surface area (Å²) in [5.74, 6) is -0.0910. The van der Waals surface area contributed by atoms with Crippen molar-refractivity contribution in [2.75, 3.05) is 45.7 Å². The number of anilines is 1. The number of rotatable bonds is 4. The van der Waals surface area contributed by atoms with Crippen LogP contribution in [0.5, 0.6) is 5.75 Å². The summed E-state index contributed by atoms with van der Waals surface area (Å²) in [6.45, 7) is 2.97. The molecule has 0 unspecified atom stereocenters. The van der Waals surface area contributed by atoms with E-state index in [0.29, 0.717) is 46.8 Å². The number of piperazine rings is 1. The molecule has 0 radical (unpaired) electrons. The predicted octanol–water partition coefficient (Wildman–Crippen LogP) is 3.55. The van der Waals surface area contributed by atoms with E-state index in [-0.39, 0.29) is 17.6 Å². The molecule has 3 aromatic carbocycles. The average molecular weight is 456 g/mol. The molecule has 7 nitrogen and oxygen atoms in total. The Bertz CT molecular complexity index is 1310. The van der Waals surface area contributed by atoms with Gasteiger partial charge in [0, 0.05) is 48.4 Å². The highest BCUT2D eigenvalue weighted by molar-refractivity contribution is 6.22. The summed E-state index contributed by atoms with van der Waals surface area (Å²) >= 11 is 0. The van der Waals surface area contributed by atoms with Gasteiger partial charge in [-0.1, -0.05) is 30.3 Å². The van der Waals surface area contributed by atoms with Crippen LogP contribution in [-0.2, 0) is 0 Å². The van der Waals surface area contributed by atoms with Crippen LogP contribution in [0.4, 0.5) is 5.69 Å². The van der Waals surface area contributed by atoms with Crippen LogP contribution >= 0.6 is 0 Å². The van der Waals surface area contributed by atoms with E-state index in [9.17, 15) is 14.4 Å². The van der Waals surface area contributed by atoms with Crippen molar-refractivity contribution in [2.45, 2.75) is 0 Å². The minimum atomic E-state index is -0.381. The summed E-state index contributed by atoms with van der Waals surface area (Å²) in [6.07, 6.45) is 0. The van der Waals surface area contributed by atoms with Crippen molar-refractivity contribution in [1.29, 1.82) is 0 Å². The molecule has 0 bridgehead atoms. The van der Waals surface area contributed by atoms with Crippen LogP contribution in [0.15, 0.2) is 60.7 Å². The molecule has 2 aliphatic rings. The lowest BCUT2D eigenvalue weighted by molar-refractivity contribution is 0.0663. The zero-order valence-corrected chi connectivity index (χ0v) is 19.1. The second-order valence-corrected chi connectivity index (χ2v) is 8.60. The number of ketones is 1. The second-order valence-electron chi connectivity index (χ2n) is 8.60. The third-order valence-electron chi connectivity index (χ3n) is 6.47. The second kappa shape index (κ2) is 8.76. The maximum Gasteiger partial charge on any atom is 0.255 e. The molecular formula is C27H25N3O4. The van der Waals surface area contributed by atoms with Gasteiger partial charge in [-0.2, -0.15) is 0 Å². The number of carbonyl (C=O) groups excluding carboxylic acids is 3. The molecule has 7 heteroatoms. The van der Waals surface area contributed by atoms with Crippen molar-refractivity contribution < 1.29 is 19.1 Å². The fraction of sp³-hybridized carbons (Fsp3) is 0.222. The Labute approximate surface area is 197 Å². The lowest BCUT2D eigenvalue weighted by atomic mass is 10.0. The van der Waals surface area contributed by atoms with Gasteiger partial charge < -0.3 is 19.9 Å². The number of methoxy groups -OCH3 is 1. The van der Waals surface area contributed by atoms with Crippen LogP contribution in [0.1, 0.15) is 36.6 Å². The van der Waals surface area contributed by atoms with Crippen LogP contribution in [0.25, 0.3) is 11.1 Å². The number of hydrogen-bond acceptors (Lipinski definition) is 5. The summed E-state index contributed by atoms with van der Waals surface area (Å²) in [5, 5.41) is 2.86. The van der Waals surface area contributed by atoms with Crippen LogP contribution in [0.3, 0.4) is 0 Å². The molecule has 5 rings (SSSR count). The molecule has 1 N–H and O–H groups in total. The number of benzene rings is 3. The van der Waals surface area contributed by atoms with E-state index in [2.05, 4.69) is 10.2 Å². The largest absolute Gasteiger partial charge is 0.495 e. The quantitative estimate of drug-likeness (QED) is 0.509. The Morgan fingerprint density at radius 2 is 1.50 bits per heavy atom. The van der Waals surface area contributed by atoms with Gasteiger partial charge in [-0.05, 0) is 48.5 Å². The Hall–Kier alpha value is -3.97. The van der Waals surface area contributed by atoms with Crippen molar-refractivity contribution in [3.05, 3.63) is 82.9 Å². The van der Waals surface area contributed by atoms with Gasteiger partial charge in [-0.25, -0.2) is 0 Å². The standard InChI is InChI=1S/C27H25N3O4/c1-29-11-13-30(14-12-29)27(33)18-8-10-24(34-2)23(16-18)28-26(32)17-7-9-20-19-5-3-4-6-21(19)25(31)22(20)15-17/h3-10,15-16H,11-14H2,1-2H3,(H,28,32). The number of likely N-dealkylation sites (N-methyl/N-ethyl adjacent to an activating group) is 1. The lowest BCUT2D eigenvalue weighted by Gasteiger charge is -2.32. The van der Waals surface area contributed by atoms with Gasteiger partial charge in [-0.15, -0.1) is 0 Å². The van der Waals surface area contributed by atoms with Crippen LogP contribution in [0.2, 0.25) is 0 Å². The number of ether oxygens (including phenoxy) is 1. The van der Waals surface area contributed by atoms with Crippen molar-refractivity contribution in [2.24, 2.45) is 0 Å². The number of fused-ring (bicyclic) bond motifs is 3. The Kier molecular flexibility index (Phi) is 5.63. The van der Waals surface area contributed by atoms with E-state index in [1.54, 1.807) is 42.5 Å². The Morgan fingerprint density at radius 3 is 2.24 bits per heavy atom. The molecule has 1 fully saturated rings.